The third kappa shape index (κ3) is 1.99. The van der Waals surface area contributed by atoms with Crippen molar-refractivity contribution in [3.63, 3.8) is 0 Å². The maximum Gasteiger partial charge on any atom is 0.251 e. The highest BCUT2D eigenvalue weighted by molar-refractivity contribution is 5.95. The van der Waals surface area contributed by atoms with Crippen LogP contribution in [-0.4, -0.2) is 40.9 Å². The number of fused-ring (bicyclic) bond motifs is 3. The summed E-state index contributed by atoms with van der Waals surface area (Å²) in [5, 5.41) is 12.2. The summed E-state index contributed by atoms with van der Waals surface area (Å²) in [5.74, 6) is 0.590. The fourth-order valence-electron chi connectivity index (χ4n) is 3.54. The van der Waals surface area contributed by atoms with Crippen LogP contribution in [0, 0.1) is 17.2 Å². The molecule has 2 saturated heterocycles. The normalized spacial score (nSPS) is 26.9. The van der Waals surface area contributed by atoms with E-state index in [0.29, 0.717) is 17.2 Å². The van der Waals surface area contributed by atoms with Crippen molar-refractivity contribution in [1.29, 1.82) is 5.26 Å². The summed E-state index contributed by atoms with van der Waals surface area (Å²) in [5.41, 5.74) is 2.11. The number of hydrogen-bond donors (Lipinski definition) is 1. The van der Waals surface area contributed by atoms with Crippen LogP contribution >= 0.6 is 0 Å². The zero-order chi connectivity index (χ0) is 14.4. The van der Waals surface area contributed by atoms with E-state index in [-0.39, 0.29) is 11.9 Å². The maximum atomic E-state index is 12.4. The van der Waals surface area contributed by atoms with Gasteiger partial charge in [0.05, 0.1) is 0 Å². The number of carbonyl (C=O) groups is 1. The van der Waals surface area contributed by atoms with Crippen molar-refractivity contribution < 1.29 is 4.79 Å². The summed E-state index contributed by atoms with van der Waals surface area (Å²) in [4.78, 5) is 14.8. The predicted molar refractivity (Wildman–Crippen MR) is 77.9 cm³/mol. The van der Waals surface area contributed by atoms with Gasteiger partial charge in [-0.1, -0.05) is 0 Å². The number of nitrogens with zero attached hydrogens (tertiary/aromatic N) is 3. The lowest BCUT2D eigenvalue weighted by molar-refractivity contribution is 0.0924. The van der Waals surface area contributed by atoms with Gasteiger partial charge >= 0.3 is 0 Å². The van der Waals surface area contributed by atoms with E-state index < -0.39 is 0 Å². The molecule has 5 nitrogen and oxygen atoms in total. The first kappa shape index (κ1) is 12.4. The zero-order valence-electron chi connectivity index (χ0n) is 11.6. The molecule has 4 heterocycles. The Morgan fingerprint density at radius 1 is 1.33 bits per heavy atom. The number of amides is 1. The van der Waals surface area contributed by atoms with E-state index in [2.05, 4.69) is 16.3 Å². The molecule has 2 aromatic rings. The minimum Gasteiger partial charge on any atom is -0.348 e. The molecular formula is C16H16N4O. The lowest BCUT2D eigenvalue weighted by Crippen LogP contribution is -2.43. The molecule has 1 amide bonds. The van der Waals surface area contributed by atoms with Crippen molar-refractivity contribution in [2.45, 2.75) is 12.5 Å². The Hall–Kier alpha value is -2.32. The van der Waals surface area contributed by atoms with Crippen LogP contribution in [0.1, 0.15) is 22.5 Å². The second-order valence-electron chi connectivity index (χ2n) is 5.93. The Morgan fingerprint density at radius 2 is 2.24 bits per heavy atom. The van der Waals surface area contributed by atoms with Crippen LogP contribution in [0.2, 0.25) is 0 Å². The highest BCUT2D eigenvalue weighted by Crippen LogP contribution is 2.28. The lowest BCUT2D eigenvalue weighted by Gasteiger charge is -2.23. The van der Waals surface area contributed by atoms with Crippen molar-refractivity contribution in [3.05, 3.63) is 41.7 Å². The number of carbonyl (C=O) groups excluding carboxylic acids is 1. The van der Waals surface area contributed by atoms with E-state index in [0.717, 1.165) is 18.6 Å². The summed E-state index contributed by atoms with van der Waals surface area (Å²) < 4.78 is 1.79. The summed E-state index contributed by atoms with van der Waals surface area (Å²) in [6, 6.07) is 9.65. The highest BCUT2D eigenvalue weighted by Gasteiger charge is 2.38. The van der Waals surface area contributed by atoms with Crippen LogP contribution in [0.25, 0.3) is 5.52 Å². The molecule has 5 heteroatoms. The molecule has 0 aromatic carbocycles. The predicted octanol–water partition coefficient (Wildman–Crippen LogP) is 1.24. The molecule has 0 aliphatic carbocycles. The molecule has 0 spiro atoms. The van der Waals surface area contributed by atoms with Crippen molar-refractivity contribution in [2.75, 3.05) is 19.6 Å². The first-order chi connectivity index (χ1) is 10.2. The van der Waals surface area contributed by atoms with Gasteiger partial charge in [-0.15, -0.1) is 0 Å². The van der Waals surface area contributed by atoms with Crippen LogP contribution in [-0.2, 0) is 0 Å². The number of nitrogens with one attached hydrogen (secondary N) is 1. The topological polar surface area (TPSA) is 60.5 Å². The van der Waals surface area contributed by atoms with Crippen molar-refractivity contribution >= 4 is 11.4 Å². The monoisotopic (exact) mass is 280 g/mol. The summed E-state index contributed by atoms with van der Waals surface area (Å²) in [7, 11) is 0. The minimum atomic E-state index is -0.0176. The van der Waals surface area contributed by atoms with Crippen LogP contribution in [0.15, 0.2) is 30.5 Å². The van der Waals surface area contributed by atoms with E-state index >= 15 is 0 Å². The Balaban J connectivity index is 1.55. The number of pyridine rings is 1. The van der Waals surface area contributed by atoms with Gasteiger partial charge in [0.15, 0.2) is 0 Å². The van der Waals surface area contributed by atoms with E-state index in [4.69, 9.17) is 5.26 Å². The number of rotatable bonds is 2. The van der Waals surface area contributed by atoms with E-state index in [1.54, 1.807) is 22.7 Å². The molecule has 2 fully saturated rings. The molecular weight excluding hydrogens is 264 g/mol. The van der Waals surface area contributed by atoms with E-state index in [1.807, 2.05) is 12.1 Å². The second kappa shape index (κ2) is 4.61. The molecule has 4 rings (SSSR count). The lowest BCUT2D eigenvalue weighted by atomic mass is 10.00. The van der Waals surface area contributed by atoms with Crippen molar-refractivity contribution in [2.24, 2.45) is 5.92 Å². The molecule has 0 radical (unpaired) electrons. The summed E-state index contributed by atoms with van der Waals surface area (Å²) in [6.07, 6.45) is 2.97. The highest BCUT2D eigenvalue weighted by atomic mass is 16.1. The van der Waals surface area contributed by atoms with Gasteiger partial charge in [-0.05, 0) is 43.1 Å². The minimum absolute atomic E-state index is 0.0176. The van der Waals surface area contributed by atoms with Crippen molar-refractivity contribution in [1.82, 2.24) is 14.6 Å². The molecule has 0 saturated carbocycles. The quantitative estimate of drug-likeness (QED) is 0.900. The molecule has 2 aromatic heterocycles. The van der Waals surface area contributed by atoms with Crippen LogP contribution < -0.4 is 5.32 Å². The number of piperidine rings is 1. The Morgan fingerprint density at radius 3 is 2.95 bits per heavy atom. The molecule has 2 aliphatic heterocycles. The Kier molecular flexibility index (Phi) is 2.72. The number of hydrogen-bond acceptors (Lipinski definition) is 3. The van der Waals surface area contributed by atoms with Crippen LogP contribution in [0.3, 0.4) is 0 Å². The van der Waals surface area contributed by atoms with Crippen LogP contribution in [0.4, 0.5) is 0 Å². The average Bonchev–Trinajstić information content (AvgIpc) is 3.21. The first-order valence-corrected chi connectivity index (χ1v) is 7.29. The standard InChI is InChI=1S/C16H16N4O/c17-8-14-2-1-13-7-11(4-6-20(13)14)16(21)18-15-10-19-5-3-12(15)9-19/h1-2,4,6-7,12,15H,3,5,9-10H2,(H,18,21)/t12-,15?/m0/s1. The van der Waals surface area contributed by atoms with Gasteiger partial charge in [-0.25, -0.2) is 0 Å². The molecule has 21 heavy (non-hydrogen) atoms. The largest absolute Gasteiger partial charge is 0.348 e. The molecule has 2 unspecified atom stereocenters. The maximum absolute atomic E-state index is 12.4. The summed E-state index contributed by atoms with van der Waals surface area (Å²) in [6.45, 7) is 3.26. The van der Waals surface area contributed by atoms with Gasteiger partial charge in [0.25, 0.3) is 5.91 Å². The van der Waals surface area contributed by atoms with Gasteiger partial charge in [-0.2, -0.15) is 5.26 Å². The Labute approximate surface area is 122 Å². The Bertz CT molecular complexity index is 757. The smallest absolute Gasteiger partial charge is 0.251 e. The summed E-state index contributed by atoms with van der Waals surface area (Å²) >= 11 is 0. The fraction of sp³-hybridized carbons (Fsp3) is 0.375. The molecule has 106 valence electrons. The van der Waals surface area contributed by atoms with Crippen molar-refractivity contribution in [3.8, 4) is 6.07 Å². The molecule has 2 aliphatic rings. The zero-order valence-corrected chi connectivity index (χ0v) is 11.6. The third-order valence-electron chi connectivity index (χ3n) is 4.68. The molecule has 1 N–H and O–H groups in total. The van der Waals surface area contributed by atoms with Gasteiger partial charge in [-0.3, -0.25) is 4.79 Å². The third-order valence-corrected chi connectivity index (χ3v) is 4.68. The first-order valence-electron chi connectivity index (χ1n) is 7.29. The SMILES string of the molecule is N#Cc1ccc2cc(C(=O)NC3CN4CC[C@H]3C4)ccn12. The van der Waals surface area contributed by atoms with Gasteiger partial charge in [0.2, 0.25) is 0 Å². The van der Waals surface area contributed by atoms with Crippen LogP contribution in [0.5, 0.6) is 0 Å². The van der Waals surface area contributed by atoms with E-state index in [9.17, 15) is 4.79 Å². The second-order valence-corrected chi connectivity index (χ2v) is 5.93. The van der Waals surface area contributed by atoms with Gasteiger partial charge in [0.1, 0.15) is 11.8 Å². The fourth-order valence-corrected chi connectivity index (χ4v) is 3.54. The molecule has 2 bridgehead atoms. The molecule has 3 atom stereocenters. The number of aromatic nitrogens is 1. The van der Waals surface area contributed by atoms with Gasteiger partial charge in [0, 0.05) is 36.4 Å². The number of nitriles is 1. The van der Waals surface area contributed by atoms with E-state index in [1.165, 1.54) is 13.0 Å². The van der Waals surface area contributed by atoms with Gasteiger partial charge < -0.3 is 14.6 Å². The average molecular weight is 280 g/mol.